The van der Waals surface area contributed by atoms with Crippen LogP contribution in [0.5, 0.6) is 0 Å². The second kappa shape index (κ2) is 14.7. The lowest BCUT2D eigenvalue weighted by Crippen LogP contribution is -2.09. The highest BCUT2D eigenvalue weighted by atomic mass is 15.1. The summed E-state index contributed by atoms with van der Waals surface area (Å²) in [6, 6.07) is 91.7. The van der Waals surface area contributed by atoms with Crippen LogP contribution >= 0.6 is 0 Å². The normalized spacial score (nSPS) is 12.1. The zero-order valence-corrected chi connectivity index (χ0v) is 37.5. The summed E-state index contributed by atoms with van der Waals surface area (Å²) in [6.07, 6.45) is 0. The fourth-order valence-corrected chi connectivity index (χ4v) is 11.7. The molecule has 0 unspecified atom stereocenters. The Kier molecular flexibility index (Phi) is 8.07. The molecule has 69 heavy (non-hydrogen) atoms. The van der Waals surface area contributed by atoms with Crippen molar-refractivity contribution in [1.82, 2.24) is 8.97 Å². The van der Waals surface area contributed by atoms with Crippen LogP contribution in [0.4, 0.5) is 17.1 Å². The third-order valence-corrected chi connectivity index (χ3v) is 14.8. The predicted molar refractivity (Wildman–Crippen MR) is 294 cm³/mol. The molecule has 3 heterocycles. The molecule has 0 aliphatic heterocycles. The number of anilines is 3. The molecule has 3 nitrogen and oxygen atoms in total. The summed E-state index contributed by atoms with van der Waals surface area (Å²) >= 11 is 0. The van der Waals surface area contributed by atoms with Crippen molar-refractivity contribution in [1.29, 1.82) is 0 Å². The maximum Gasteiger partial charge on any atom is 0.0620 e. The summed E-state index contributed by atoms with van der Waals surface area (Å²) in [5, 5.41) is 15.4. The van der Waals surface area contributed by atoms with Gasteiger partial charge >= 0.3 is 0 Å². The van der Waals surface area contributed by atoms with Gasteiger partial charge in [0, 0.05) is 55.1 Å². The molecule has 12 aromatic carbocycles. The molecule has 0 fully saturated rings. The second-order valence-electron chi connectivity index (χ2n) is 18.5. The molecule has 15 rings (SSSR count). The number of benzene rings is 12. The Balaban J connectivity index is 0.841. The molecule has 0 saturated heterocycles. The van der Waals surface area contributed by atoms with E-state index in [4.69, 9.17) is 0 Å². The highest BCUT2D eigenvalue weighted by Crippen LogP contribution is 2.44. The minimum atomic E-state index is 1.10. The van der Waals surface area contributed by atoms with Crippen LogP contribution in [-0.2, 0) is 0 Å². The van der Waals surface area contributed by atoms with Crippen molar-refractivity contribution in [2.75, 3.05) is 4.90 Å². The number of hydrogen-bond acceptors (Lipinski definition) is 1. The summed E-state index contributed by atoms with van der Waals surface area (Å²) in [7, 11) is 0. The summed E-state index contributed by atoms with van der Waals surface area (Å²) in [5.41, 5.74) is 15.4. The third kappa shape index (κ3) is 5.62. The Hall–Kier alpha value is -9.18. The Bertz CT molecular complexity index is 4430. The largest absolute Gasteiger partial charge is 0.310 e. The molecule has 0 radical (unpaired) electrons. The quantitative estimate of drug-likeness (QED) is 0.152. The van der Waals surface area contributed by atoms with Crippen molar-refractivity contribution in [3.05, 3.63) is 249 Å². The van der Waals surface area contributed by atoms with E-state index in [0.717, 1.165) is 22.7 Å². The summed E-state index contributed by atoms with van der Waals surface area (Å²) in [6.45, 7) is 0. The van der Waals surface area contributed by atoms with E-state index in [0.29, 0.717) is 0 Å². The van der Waals surface area contributed by atoms with Gasteiger partial charge in [-0.2, -0.15) is 0 Å². The van der Waals surface area contributed by atoms with Gasteiger partial charge in [-0.05, 0) is 133 Å². The first-order valence-electron chi connectivity index (χ1n) is 23.8. The second-order valence-corrected chi connectivity index (χ2v) is 18.5. The van der Waals surface area contributed by atoms with Crippen LogP contribution in [0.1, 0.15) is 0 Å². The highest BCUT2D eigenvalue weighted by molar-refractivity contribution is 6.26. The number of hydrogen-bond donors (Lipinski definition) is 0. The fraction of sp³-hybridized carbons (Fsp3) is 0. The molecular weight excluding hydrogens is 835 g/mol. The van der Waals surface area contributed by atoms with Gasteiger partial charge in [0.25, 0.3) is 0 Å². The molecule has 0 N–H and O–H groups in total. The van der Waals surface area contributed by atoms with Gasteiger partial charge < -0.3 is 13.9 Å². The van der Waals surface area contributed by atoms with Crippen LogP contribution in [0.15, 0.2) is 249 Å². The SMILES string of the molecule is c1ccc2c(c1)c1ccccc1c1cc(-c3ccc(N(c4ccc(-c5ccc(-n6c7ccccc7c7ccccc76)cc5)cc4)c4ccc5c(c4)c4cccc6c7ccccc7n5c64)cc3)ccc21. The van der Waals surface area contributed by atoms with Gasteiger partial charge in [-0.3, -0.25) is 0 Å². The molecule has 3 heteroatoms. The van der Waals surface area contributed by atoms with Crippen molar-refractivity contribution in [2.45, 2.75) is 0 Å². The summed E-state index contributed by atoms with van der Waals surface area (Å²) in [4.78, 5) is 2.41. The van der Waals surface area contributed by atoms with Gasteiger partial charge in [-0.25, -0.2) is 0 Å². The predicted octanol–water partition coefficient (Wildman–Crippen LogP) is 18.2. The molecular formula is C66H41N3. The Morgan fingerprint density at radius 3 is 1.20 bits per heavy atom. The van der Waals surface area contributed by atoms with Crippen LogP contribution in [0.25, 0.3) is 120 Å². The van der Waals surface area contributed by atoms with Crippen molar-refractivity contribution in [3.63, 3.8) is 0 Å². The van der Waals surface area contributed by atoms with E-state index >= 15 is 0 Å². The van der Waals surface area contributed by atoms with Gasteiger partial charge in [0.15, 0.2) is 0 Å². The van der Waals surface area contributed by atoms with Gasteiger partial charge in [0.05, 0.1) is 27.6 Å². The van der Waals surface area contributed by atoms with Crippen LogP contribution in [0, 0.1) is 0 Å². The molecule has 0 atom stereocenters. The number of aromatic nitrogens is 2. The van der Waals surface area contributed by atoms with Crippen LogP contribution in [0.3, 0.4) is 0 Å². The average molecular weight is 876 g/mol. The minimum Gasteiger partial charge on any atom is -0.310 e. The van der Waals surface area contributed by atoms with Crippen LogP contribution in [0.2, 0.25) is 0 Å². The van der Waals surface area contributed by atoms with E-state index < -0.39 is 0 Å². The first-order valence-corrected chi connectivity index (χ1v) is 23.8. The third-order valence-electron chi connectivity index (χ3n) is 14.8. The minimum absolute atomic E-state index is 1.10. The lowest BCUT2D eigenvalue weighted by atomic mass is 9.92. The molecule has 15 aromatic rings. The van der Waals surface area contributed by atoms with Crippen LogP contribution in [-0.4, -0.2) is 8.97 Å². The molecule has 0 spiro atoms. The van der Waals surface area contributed by atoms with E-state index in [1.54, 1.807) is 0 Å². The highest BCUT2D eigenvalue weighted by Gasteiger charge is 2.21. The zero-order chi connectivity index (χ0) is 45.2. The topological polar surface area (TPSA) is 12.6 Å². The van der Waals surface area contributed by atoms with E-state index in [1.807, 2.05) is 0 Å². The van der Waals surface area contributed by atoms with Crippen molar-refractivity contribution >= 4 is 109 Å². The average Bonchev–Trinajstić information content (AvgIpc) is 4.07. The molecule has 0 aliphatic carbocycles. The van der Waals surface area contributed by atoms with Gasteiger partial charge in [0.1, 0.15) is 0 Å². The zero-order valence-electron chi connectivity index (χ0n) is 37.5. The lowest BCUT2D eigenvalue weighted by Gasteiger charge is -2.26. The van der Waals surface area contributed by atoms with Gasteiger partial charge in [-0.15, -0.1) is 0 Å². The van der Waals surface area contributed by atoms with E-state index in [9.17, 15) is 0 Å². The Morgan fingerprint density at radius 2 is 0.623 bits per heavy atom. The smallest absolute Gasteiger partial charge is 0.0620 e. The summed E-state index contributed by atoms with van der Waals surface area (Å²) in [5.74, 6) is 0. The van der Waals surface area contributed by atoms with Gasteiger partial charge in [-0.1, -0.05) is 170 Å². The number of para-hydroxylation sites is 4. The number of nitrogens with zero attached hydrogens (tertiary/aromatic N) is 3. The molecule has 0 amide bonds. The number of fused-ring (bicyclic) bond motifs is 15. The summed E-state index contributed by atoms with van der Waals surface area (Å²) < 4.78 is 4.83. The van der Waals surface area contributed by atoms with Crippen molar-refractivity contribution in [2.24, 2.45) is 0 Å². The standard InChI is InChI=1S/C66H41N3/c1-2-14-52-50(12-1)51-13-3-4-15-53(51)60-40-45(30-38-54(52)60)44-28-33-47(34-29-44)67(49-37-39-65-61(41-49)59-20-11-19-58-57-18-7-10-23-64(57)69(65)66(58)59)46-31-24-42(25-32-46)43-26-35-48(36-27-43)68-62-21-8-5-16-55(62)56-17-6-9-22-63(56)68/h1-41H. The molecule has 0 bridgehead atoms. The monoisotopic (exact) mass is 875 g/mol. The van der Waals surface area contributed by atoms with E-state index in [-0.39, 0.29) is 0 Å². The van der Waals surface area contributed by atoms with Crippen molar-refractivity contribution < 1.29 is 0 Å². The molecule has 0 aliphatic rings. The maximum absolute atomic E-state index is 2.45. The van der Waals surface area contributed by atoms with Crippen LogP contribution < -0.4 is 4.90 Å². The maximum atomic E-state index is 2.45. The Labute approximate surface area is 397 Å². The molecule has 3 aromatic heterocycles. The molecule has 0 saturated carbocycles. The number of rotatable bonds is 6. The molecule has 320 valence electrons. The van der Waals surface area contributed by atoms with Gasteiger partial charge in [0.2, 0.25) is 0 Å². The first-order chi connectivity index (χ1) is 34.2. The van der Waals surface area contributed by atoms with E-state index in [1.165, 1.54) is 114 Å². The lowest BCUT2D eigenvalue weighted by molar-refractivity contribution is 1.18. The Morgan fingerprint density at radius 1 is 0.232 bits per heavy atom. The fourth-order valence-electron chi connectivity index (χ4n) is 11.7. The van der Waals surface area contributed by atoms with E-state index in [2.05, 4.69) is 263 Å². The van der Waals surface area contributed by atoms with Crippen molar-refractivity contribution in [3.8, 4) is 27.9 Å². The first kappa shape index (κ1) is 38.0.